The summed E-state index contributed by atoms with van der Waals surface area (Å²) in [6.07, 6.45) is 2.97. The summed E-state index contributed by atoms with van der Waals surface area (Å²) in [5, 5.41) is 2.94. The van der Waals surface area contributed by atoms with Crippen LogP contribution in [0.1, 0.15) is 12.1 Å². The average molecular weight is 379 g/mol. The Labute approximate surface area is 163 Å². The van der Waals surface area contributed by atoms with E-state index in [1.54, 1.807) is 17.5 Å². The predicted molar refractivity (Wildman–Crippen MR) is 109 cm³/mol. The summed E-state index contributed by atoms with van der Waals surface area (Å²) in [7, 11) is 0. The van der Waals surface area contributed by atoms with E-state index < -0.39 is 0 Å². The quantitative estimate of drug-likeness (QED) is 0.682. The summed E-state index contributed by atoms with van der Waals surface area (Å²) in [6.45, 7) is 3.33. The number of para-hydroxylation sites is 1. The Kier molecular flexibility index (Phi) is 5.44. The first-order chi connectivity index (χ1) is 13.3. The first-order valence-corrected chi connectivity index (χ1v) is 10.1. The van der Waals surface area contributed by atoms with E-state index in [0.717, 1.165) is 42.6 Å². The molecule has 3 aromatic rings. The summed E-state index contributed by atoms with van der Waals surface area (Å²) < 4.78 is 0. The topological polar surface area (TPSA) is 49.3 Å². The van der Waals surface area contributed by atoms with Crippen LogP contribution in [-0.2, 0) is 11.2 Å². The van der Waals surface area contributed by atoms with Crippen LogP contribution in [0.15, 0.2) is 60.1 Å². The zero-order valence-corrected chi connectivity index (χ0v) is 15.9. The molecule has 1 amide bonds. The van der Waals surface area contributed by atoms with Gasteiger partial charge in [-0.25, -0.2) is 4.98 Å². The predicted octanol–water partition coefficient (Wildman–Crippen LogP) is 3.49. The Morgan fingerprint density at radius 3 is 2.52 bits per heavy atom. The summed E-state index contributed by atoms with van der Waals surface area (Å²) in [5.74, 6) is 0.218. The zero-order chi connectivity index (χ0) is 18.5. The van der Waals surface area contributed by atoms with Crippen molar-refractivity contribution in [1.82, 2.24) is 14.9 Å². The molecule has 5 nitrogen and oxygen atoms in total. The second-order valence-electron chi connectivity index (χ2n) is 6.56. The van der Waals surface area contributed by atoms with Crippen molar-refractivity contribution in [3.05, 3.63) is 65.8 Å². The molecule has 0 bridgehead atoms. The first-order valence-electron chi connectivity index (χ1n) is 9.23. The highest BCUT2D eigenvalue weighted by Crippen LogP contribution is 2.22. The van der Waals surface area contributed by atoms with Crippen molar-refractivity contribution in [2.75, 3.05) is 31.1 Å². The number of aryl methyl sites for hydroxylation is 1. The van der Waals surface area contributed by atoms with Crippen LogP contribution in [0.5, 0.6) is 0 Å². The van der Waals surface area contributed by atoms with Gasteiger partial charge in [0.25, 0.3) is 0 Å². The number of carbonyl (C=O) groups is 1. The molecular formula is C21H22N4OS. The lowest BCUT2D eigenvalue weighted by Crippen LogP contribution is -2.48. The molecule has 0 radical (unpaired) electrons. The van der Waals surface area contributed by atoms with E-state index in [2.05, 4.69) is 39.1 Å². The average Bonchev–Trinajstić information content (AvgIpc) is 3.22. The summed E-state index contributed by atoms with van der Waals surface area (Å²) in [5.41, 5.74) is 3.09. The lowest BCUT2D eigenvalue weighted by atomic mass is 10.2. The third-order valence-corrected chi connectivity index (χ3v) is 5.70. The fourth-order valence-electron chi connectivity index (χ4n) is 3.27. The van der Waals surface area contributed by atoms with E-state index in [-0.39, 0.29) is 5.91 Å². The Hall–Kier alpha value is -2.73. The second kappa shape index (κ2) is 8.31. The number of amides is 1. The van der Waals surface area contributed by atoms with Crippen molar-refractivity contribution in [2.24, 2.45) is 0 Å². The van der Waals surface area contributed by atoms with Crippen LogP contribution in [0.3, 0.4) is 0 Å². The molecule has 1 aromatic carbocycles. The molecule has 0 N–H and O–H groups in total. The minimum Gasteiger partial charge on any atom is -0.368 e. The minimum absolute atomic E-state index is 0.218. The van der Waals surface area contributed by atoms with E-state index in [9.17, 15) is 4.79 Å². The molecule has 4 rings (SSSR count). The van der Waals surface area contributed by atoms with Crippen molar-refractivity contribution in [3.63, 3.8) is 0 Å². The van der Waals surface area contributed by atoms with Gasteiger partial charge in [0.1, 0.15) is 5.01 Å². The number of thiazole rings is 1. The number of pyridine rings is 1. The molecule has 0 atom stereocenters. The normalized spacial score (nSPS) is 14.4. The van der Waals surface area contributed by atoms with Gasteiger partial charge in [0.2, 0.25) is 5.91 Å². The number of hydrogen-bond donors (Lipinski definition) is 0. The van der Waals surface area contributed by atoms with Gasteiger partial charge in [0.15, 0.2) is 0 Å². The summed E-state index contributed by atoms with van der Waals surface area (Å²) in [4.78, 5) is 25.8. The van der Waals surface area contributed by atoms with Gasteiger partial charge >= 0.3 is 0 Å². The Balaban J connectivity index is 1.27. The molecule has 1 fully saturated rings. The van der Waals surface area contributed by atoms with Crippen LogP contribution >= 0.6 is 11.3 Å². The third kappa shape index (κ3) is 4.34. The Morgan fingerprint density at radius 1 is 1.00 bits per heavy atom. The molecule has 0 unspecified atom stereocenters. The Bertz CT molecular complexity index is 873. The molecule has 1 aliphatic heterocycles. The highest BCUT2D eigenvalue weighted by atomic mass is 32.1. The molecule has 1 aliphatic rings. The van der Waals surface area contributed by atoms with Crippen molar-refractivity contribution in [2.45, 2.75) is 12.8 Å². The van der Waals surface area contributed by atoms with Crippen LogP contribution in [-0.4, -0.2) is 47.0 Å². The molecule has 0 spiro atoms. The van der Waals surface area contributed by atoms with Crippen molar-refractivity contribution in [3.8, 4) is 10.7 Å². The van der Waals surface area contributed by atoms with Crippen molar-refractivity contribution < 1.29 is 4.79 Å². The molecule has 3 heterocycles. The maximum absolute atomic E-state index is 12.6. The largest absolute Gasteiger partial charge is 0.368 e. The number of nitrogens with zero attached hydrogens (tertiary/aromatic N) is 4. The molecule has 6 heteroatoms. The number of hydrogen-bond acceptors (Lipinski definition) is 5. The van der Waals surface area contributed by atoms with Crippen molar-refractivity contribution >= 4 is 22.9 Å². The number of carbonyl (C=O) groups excluding carboxylic acids is 1. The van der Waals surface area contributed by atoms with Gasteiger partial charge in [0.05, 0.1) is 11.4 Å². The maximum Gasteiger partial charge on any atom is 0.223 e. The minimum atomic E-state index is 0.218. The standard InChI is InChI=1S/C21H22N4OS/c26-20(25-14-12-24(13-15-25)18-6-2-1-3-7-18)10-9-17-16-27-21(23-17)19-8-4-5-11-22-19/h1-8,11,16H,9-10,12-15H2. The van der Waals surface area contributed by atoms with Crippen LogP contribution in [0.4, 0.5) is 5.69 Å². The molecule has 0 saturated carbocycles. The number of rotatable bonds is 5. The lowest BCUT2D eigenvalue weighted by Gasteiger charge is -2.36. The van der Waals surface area contributed by atoms with Gasteiger partial charge in [-0.2, -0.15) is 0 Å². The Morgan fingerprint density at radius 2 is 1.78 bits per heavy atom. The fraction of sp³-hybridized carbons (Fsp3) is 0.286. The molecule has 27 heavy (non-hydrogen) atoms. The number of anilines is 1. The van der Waals surface area contributed by atoms with E-state index in [0.29, 0.717) is 12.8 Å². The first kappa shape index (κ1) is 17.7. The van der Waals surface area contributed by atoms with E-state index in [1.807, 2.05) is 34.5 Å². The zero-order valence-electron chi connectivity index (χ0n) is 15.1. The fourth-order valence-corrected chi connectivity index (χ4v) is 4.10. The molecule has 1 saturated heterocycles. The van der Waals surface area contributed by atoms with E-state index in [4.69, 9.17) is 0 Å². The summed E-state index contributed by atoms with van der Waals surface area (Å²) in [6, 6.07) is 16.2. The van der Waals surface area contributed by atoms with Crippen LogP contribution in [0, 0.1) is 0 Å². The highest BCUT2D eigenvalue weighted by molar-refractivity contribution is 7.13. The third-order valence-electron chi connectivity index (χ3n) is 4.78. The number of benzene rings is 1. The molecule has 138 valence electrons. The monoisotopic (exact) mass is 378 g/mol. The van der Waals surface area contributed by atoms with Gasteiger partial charge in [-0.1, -0.05) is 24.3 Å². The maximum atomic E-state index is 12.6. The van der Waals surface area contributed by atoms with Gasteiger partial charge in [-0.3, -0.25) is 9.78 Å². The highest BCUT2D eigenvalue weighted by Gasteiger charge is 2.21. The van der Waals surface area contributed by atoms with E-state index >= 15 is 0 Å². The molecular weight excluding hydrogens is 356 g/mol. The molecule has 2 aromatic heterocycles. The van der Waals surface area contributed by atoms with Crippen LogP contribution < -0.4 is 4.90 Å². The summed E-state index contributed by atoms with van der Waals surface area (Å²) >= 11 is 1.58. The second-order valence-corrected chi connectivity index (χ2v) is 7.42. The van der Waals surface area contributed by atoms with Gasteiger partial charge in [-0.15, -0.1) is 11.3 Å². The number of piperazine rings is 1. The van der Waals surface area contributed by atoms with E-state index in [1.165, 1.54) is 5.69 Å². The van der Waals surface area contributed by atoms with Gasteiger partial charge in [0, 0.05) is 49.9 Å². The van der Waals surface area contributed by atoms with Gasteiger partial charge in [-0.05, 0) is 30.7 Å². The van der Waals surface area contributed by atoms with Crippen molar-refractivity contribution in [1.29, 1.82) is 0 Å². The SMILES string of the molecule is O=C(CCc1csc(-c2ccccn2)n1)N1CCN(c2ccccc2)CC1. The van der Waals surface area contributed by atoms with Crippen LogP contribution in [0.2, 0.25) is 0 Å². The smallest absolute Gasteiger partial charge is 0.223 e. The van der Waals surface area contributed by atoms with Gasteiger partial charge < -0.3 is 9.80 Å². The lowest BCUT2D eigenvalue weighted by molar-refractivity contribution is -0.131. The number of aromatic nitrogens is 2. The van der Waals surface area contributed by atoms with Crippen LogP contribution in [0.25, 0.3) is 10.7 Å². The molecule has 0 aliphatic carbocycles.